The number of ether oxygens (including phenoxy) is 1. The highest BCUT2D eigenvalue weighted by atomic mass is 35.5. The summed E-state index contributed by atoms with van der Waals surface area (Å²) in [5.74, 6) is 0.513. The molecule has 4 heterocycles. The largest absolute Gasteiger partial charge is 0.465 e. The fourth-order valence-electron chi connectivity index (χ4n) is 8.70. The zero-order chi connectivity index (χ0) is 43.0. The average Bonchev–Trinajstić information content (AvgIpc) is 4.04. The molecule has 2 fully saturated rings. The Bertz CT molecular complexity index is 2390. The number of halogens is 1. The lowest BCUT2D eigenvalue weighted by molar-refractivity contribution is -0.138. The fraction of sp³-hybridized carbons (Fsp3) is 0.422. The van der Waals surface area contributed by atoms with E-state index in [2.05, 4.69) is 63.1 Å². The maximum Gasteiger partial charge on any atom is 0.407 e. The van der Waals surface area contributed by atoms with Gasteiger partial charge in [0.25, 0.3) is 0 Å². The number of fused-ring (bicyclic) bond motifs is 1. The number of hydrogen-bond donors (Lipinski definition) is 5. The minimum absolute atomic E-state index is 0.0460. The second kappa shape index (κ2) is 17.4. The Hall–Kier alpha value is -5.89. The zero-order valence-corrected chi connectivity index (χ0v) is 35.7. The number of aromatic nitrogens is 4. The third-order valence-corrected chi connectivity index (χ3v) is 12.3. The third kappa shape index (κ3) is 8.43. The number of nitrogens with one attached hydrogen (secondary N) is 4. The number of amides is 4. The zero-order valence-electron chi connectivity index (χ0n) is 35.0. The number of carbonyl (C=O) groups excluding carboxylic acids is 3. The van der Waals surface area contributed by atoms with Gasteiger partial charge in [0.15, 0.2) is 5.15 Å². The van der Waals surface area contributed by atoms with Crippen molar-refractivity contribution in [2.75, 3.05) is 7.11 Å². The Balaban J connectivity index is 1.06. The van der Waals surface area contributed by atoms with Gasteiger partial charge in [-0.2, -0.15) is 0 Å². The van der Waals surface area contributed by atoms with Gasteiger partial charge in [0, 0.05) is 29.4 Å². The SMILES string of the molecule is COC(=O)N[C@H](C(=O)N1C(C)CCC1c1nc(Cl)c(-c2ccc3cc(-c4ccc(-c5c[nH]c([C@@H]6CC[C@H](C)N6C(=O)[C@@H](NC(=O)O)C(C)C)n5)cc4)ccc3c2)[nH]1)C(C)C. The number of H-pyrrole nitrogens is 2. The first-order chi connectivity index (χ1) is 28.6. The van der Waals surface area contributed by atoms with Crippen molar-refractivity contribution in [2.24, 2.45) is 11.8 Å². The van der Waals surface area contributed by atoms with Crippen molar-refractivity contribution < 1.29 is 29.0 Å². The summed E-state index contributed by atoms with van der Waals surface area (Å²) in [6, 6.07) is 18.4. The summed E-state index contributed by atoms with van der Waals surface area (Å²) in [7, 11) is 1.28. The lowest BCUT2D eigenvalue weighted by Gasteiger charge is -2.32. The normalized spacial score (nSPS) is 20.2. The molecule has 15 heteroatoms. The van der Waals surface area contributed by atoms with Gasteiger partial charge in [0.2, 0.25) is 11.8 Å². The number of methoxy groups -OCH3 is 1. The molecule has 5 N–H and O–H groups in total. The van der Waals surface area contributed by atoms with Gasteiger partial charge in [-0.25, -0.2) is 19.6 Å². The molecule has 316 valence electrons. The van der Waals surface area contributed by atoms with E-state index in [1.54, 1.807) is 4.90 Å². The van der Waals surface area contributed by atoms with Crippen molar-refractivity contribution in [3.8, 4) is 33.6 Å². The predicted molar refractivity (Wildman–Crippen MR) is 230 cm³/mol. The molecular formula is C45H53ClN8O6. The molecule has 2 unspecified atom stereocenters. The van der Waals surface area contributed by atoms with Gasteiger partial charge in [-0.1, -0.05) is 87.8 Å². The van der Waals surface area contributed by atoms with Crippen molar-refractivity contribution in [1.82, 2.24) is 40.4 Å². The molecule has 2 saturated heterocycles. The van der Waals surface area contributed by atoms with Crippen LogP contribution in [0.1, 0.15) is 91.0 Å². The number of alkyl carbamates (subject to hydrolysis) is 1. The molecule has 6 atom stereocenters. The quantitative estimate of drug-likeness (QED) is 0.0874. The Kier molecular flexibility index (Phi) is 12.2. The van der Waals surface area contributed by atoms with E-state index >= 15 is 0 Å². The Labute approximate surface area is 354 Å². The first-order valence-corrected chi connectivity index (χ1v) is 21.0. The summed E-state index contributed by atoms with van der Waals surface area (Å²) >= 11 is 6.77. The van der Waals surface area contributed by atoms with Crippen LogP contribution in [0, 0.1) is 11.8 Å². The smallest absolute Gasteiger partial charge is 0.407 e. The van der Waals surface area contributed by atoms with Gasteiger partial charge in [-0.3, -0.25) is 9.59 Å². The maximum atomic E-state index is 13.8. The van der Waals surface area contributed by atoms with Crippen molar-refractivity contribution >= 4 is 46.4 Å². The molecule has 0 aliphatic carbocycles. The van der Waals surface area contributed by atoms with Crippen LogP contribution >= 0.6 is 11.6 Å². The maximum absolute atomic E-state index is 13.8. The molecule has 7 rings (SSSR count). The fourth-order valence-corrected chi connectivity index (χ4v) is 8.95. The third-order valence-electron chi connectivity index (χ3n) is 12.0. The molecule has 0 radical (unpaired) electrons. The minimum Gasteiger partial charge on any atom is -0.465 e. The van der Waals surface area contributed by atoms with Gasteiger partial charge in [0.1, 0.15) is 23.7 Å². The standard InChI is InChI=1S/C45H53ClN8O6/c1-23(2)36(50-44(57)58)42(55)53-25(5)8-18-34(53)40-47-22-33(48-40)28-12-10-27(11-13-28)29-14-15-31-21-32(17-16-30(31)20-29)38-39(46)52-41(49-38)35-19-9-26(6)54(35)43(56)37(24(3)4)51-45(59)60-7/h10-17,20-26,34-37,50H,8-9,18-19H2,1-7H3,(H,47,48)(H,49,52)(H,51,59)(H,57,58)/t25-,26?,34-,35?,36-,37-/m0/s1. The highest BCUT2D eigenvalue weighted by Crippen LogP contribution is 2.40. The Morgan fingerprint density at radius 2 is 1.25 bits per heavy atom. The molecule has 0 saturated carbocycles. The molecule has 2 aliphatic rings. The monoisotopic (exact) mass is 836 g/mol. The van der Waals surface area contributed by atoms with Crippen LogP contribution in [0.3, 0.4) is 0 Å². The summed E-state index contributed by atoms with van der Waals surface area (Å²) in [6.07, 6.45) is 3.01. The van der Waals surface area contributed by atoms with E-state index < -0.39 is 24.3 Å². The summed E-state index contributed by atoms with van der Waals surface area (Å²) in [4.78, 5) is 70.9. The number of rotatable bonds is 11. The summed E-state index contributed by atoms with van der Waals surface area (Å²) < 4.78 is 4.79. The summed E-state index contributed by atoms with van der Waals surface area (Å²) in [5.41, 5.74) is 5.32. The van der Waals surface area contributed by atoms with Crippen molar-refractivity contribution in [3.63, 3.8) is 0 Å². The molecule has 0 spiro atoms. The van der Waals surface area contributed by atoms with Crippen LogP contribution in [0.5, 0.6) is 0 Å². The average molecular weight is 837 g/mol. The summed E-state index contributed by atoms with van der Waals surface area (Å²) in [5, 5.41) is 16.9. The number of nitrogens with zero attached hydrogens (tertiary/aromatic N) is 4. The number of imidazole rings is 2. The lowest BCUT2D eigenvalue weighted by atomic mass is 9.98. The van der Waals surface area contributed by atoms with Crippen molar-refractivity contribution in [3.05, 3.63) is 83.7 Å². The number of hydrogen-bond acceptors (Lipinski definition) is 7. The van der Waals surface area contributed by atoms with E-state index in [9.17, 15) is 24.3 Å². The minimum atomic E-state index is -1.22. The lowest BCUT2D eigenvalue weighted by Crippen LogP contribution is -2.52. The molecule has 2 aromatic heterocycles. The topological polar surface area (TPSA) is 186 Å². The highest BCUT2D eigenvalue weighted by molar-refractivity contribution is 6.32. The number of likely N-dealkylation sites (tertiary alicyclic amines) is 2. The van der Waals surface area contributed by atoms with Gasteiger partial charge in [-0.15, -0.1) is 0 Å². The van der Waals surface area contributed by atoms with E-state index in [4.69, 9.17) is 26.3 Å². The van der Waals surface area contributed by atoms with Gasteiger partial charge in [-0.05, 0) is 85.4 Å². The molecule has 4 amide bonds. The molecule has 5 aromatic rings. The van der Waals surface area contributed by atoms with Crippen LogP contribution in [-0.4, -0.2) is 90.1 Å². The van der Waals surface area contributed by atoms with Crippen molar-refractivity contribution in [1.29, 1.82) is 0 Å². The van der Waals surface area contributed by atoms with Gasteiger partial charge < -0.3 is 40.2 Å². The number of carboxylic acid groups (broad SMARTS) is 1. The predicted octanol–water partition coefficient (Wildman–Crippen LogP) is 8.72. The van der Waals surface area contributed by atoms with E-state index in [0.717, 1.165) is 58.0 Å². The Morgan fingerprint density at radius 3 is 1.82 bits per heavy atom. The van der Waals surface area contributed by atoms with Crippen LogP contribution in [0.25, 0.3) is 44.4 Å². The number of aromatic amines is 2. The van der Waals surface area contributed by atoms with Crippen LogP contribution < -0.4 is 10.6 Å². The molecule has 60 heavy (non-hydrogen) atoms. The van der Waals surface area contributed by atoms with E-state index in [0.29, 0.717) is 28.9 Å². The number of benzene rings is 3. The van der Waals surface area contributed by atoms with Crippen LogP contribution in [-0.2, 0) is 14.3 Å². The molecule has 2 aliphatic heterocycles. The van der Waals surface area contributed by atoms with Crippen LogP contribution in [0.2, 0.25) is 5.15 Å². The second-order valence-electron chi connectivity index (χ2n) is 16.7. The first kappa shape index (κ1) is 42.2. The second-order valence-corrected chi connectivity index (χ2v) is 17.1. The number of carbonyl (C=O) groups is 4. The van der Waals surface area contributed by atoms with E-state index in [1.165, 1.54) is 7.11 Å². The van der Waals surface area contributed by atoms with Crippen LogP contribution in [0.15, 0.2) is 66.9 Å². The molecular weight excluding hydrogens is 784 g/mol. The molecule has 0 bridgehead atoms. The first-order valence-electron chi connectivity index (χ1n) is 20.6. The van der Waals surface area contributed by atoms with E-state index in [1.807, 2.05) is 70.8 Å². The Morgan fingerprint density at radius 1 is 0.733 bits per heavy atom. The van der Waals surface area contributed by atoms with Gasteiger partial charge in [0.05, 0.1) is 30.6 Å². The van der Waals surface area contributed by atoms with Gasteiger partial charge >= 0.3 is 12.2 Å². The molecule has 14 nitrogen and oxygen atoms in total. The highest BCUT2D eigenvalue weighted by Gasteiger charge is 2.43. The van der Waals surface area contributed by atoms with Crippen molar-refractivity contribution in [2.45, 2.75) is 103 Å². The summed E-state index contributed by atoms with van der Waals surface area (Å²) in [6.45, 7) is 11.4. The van der Waals surface area contributed by atoms with E-state index in [-0.39, 0.29) is 47.8 Å². The molecule has 3 aromatic carbocycles. The van der Waals surface area contributed by atoms with Crippen LogP contribution in [0.4, 0.5) is 9.59 Å².